The van der Waals surface area contributed by atoms with Gasteiger partial charge < -0.3 is 19.8 Å². The van der Waals surface area contributed by atoms with Crippen molar-refractivity contribution in [3.8, 4) is 0 Å². The maximum atomic E-state index is 12.2. The predicted octanol–water partition coefficient (Wildman–Crippen LogP) is 3.16. The Hall–Kier alpha value is -2.02. The summed E-state index contributed by atoms with van der Waals surface area (Å²) in [7, 11) is 0. The van der Waals surface area contributed by atoms with Crippen LogP contribution in [-0.2, 0) is 11.2 Å². The lowest BCUT2D eigenvalue weighted by molar-refractivity contribution is 0.0121. The van der Waals surface area contributed by atoms with Gasteiger partial charge in [0.2, 0.25) is 0 Å². The second kappa shape index (κ2) is 9.78. The van der Waals surface area contributed by atoms with Gasteiger partial charge in [-0.2, -0.15) is 0 Å². The number of aryl methyl sites for hydroxylation is 1. The first-order valence-electron chi connectivity index (χ1n) is 9.26. The Morgan fingerprint density at radius 3 is 2.74 bits per heavy atom. The molecule has 1 atom stereocenters. The quantitative estimate of drug-likeness (QED) is 0.760. The van der Waals surface area contributed by atoms with Gasteiger partial charge in [0, 0.05) is 31.2 Å². The third kappa shape index (κ3) is 5.99. The number of hydrogen-bond donors (Lipinski definition) is 2. The highest BCUT2D eigenvalue weighted by Gasteiger charge is 2.25. The van der Waals surface area contributed by atoms with Crippen LogP contribution in [0.5, 0.6) is 0 Å². The number of ether oxygens (including phenoxy) is 1. The van der Waals surface area contributed by atoms with E-state index < -0.39 is 0 Å². The van der Waals surface area contributed by atoms with Gasteiger partial charge in [0.05, 0.1) is 19.3 Å². The highest BCUT2D eigenvalue weighted by atomic mass is 35.5. The molecule has 0 aliphatic carbocycles. The van der Waals surface area contributed by atoms with Crippen LogP contribution in [0.2, 0.25) is 5.02 Å². The molecule has 1 fully saturated rings. The Labute approximate surface area is 164 Å². The zero-order valence-electron chi connectivity index (χ0n) is 15.5. The number of hydrogen-bond acceptors (Lipinski definition) is 4. The average Bonchev–Trinajstić information content (AvgIpc) is 3.09. The van der Waals surface area contributed by atoms with Gasteiger partial charge in [-0.25, -0.2) is 4.79 Å². The van der Waals surface area contributed by atoms with Crippen molar-refractivity contribution in [2.24, 2.45) is 0 Å². The summed E-state index contributed by atoms with van der Waals surface area (Å²) in [5, 5.41) is 6.57. The summed E-state index contributed by atoms with van der Waals surface area (Å²) in [5.74, 6) is 1.74. The number of benzene rings is 1. The molecule has 3 rings (SSSR count). The summed E-state index contributed by atoms with van der Waals surface area (Å²) >= 11 is 5.98. The average molecular weight is 392 g/mol. The van der Waals surface area contributed by atoms with Crippen molar-refractivity contribution in [3.63, 3.8) is 0 Å². The van der Waals surface area contributed by atoms with E-state index in [1.807, 2.05) is 43.3 Å². The van der Waals surface area contributed by atoms with E-state index in [-0.39, 0.29) is 12.1 Å². The molecule has 0 saturated carbocycles. The van der Waals surface area contributed by atoms with E-state index in [1.54, 1.807) is 0 Å². The molecule has 1 aromatic heterocycles. The lowest BCUT2D eigenvalue weighted by atomic mass is 10.1. The van der Waals surface area contributed by atoms with Gasteiger partial charge in [-0.05, 0) is 43.2 Å². The van der Waals surface area contributed by atoms with Crippen LogP contribution in [0.1, 0.15) is 23.1 Å². The number of nitrogens with one attached hydrogen (secondary N) is 2. The summed E-state index contributed by atoms with van der Waals surface area (Å²) in [5.41, 5.74) is 1.10. The van der Waals surface area contributed by atoms with Gasteiger partial charge in [0.15, 0.2) is 0 Å². The van der Waals surface area contributed by atoms with Crippen molar-refractivity contribution in [2.75, 3.05) is 39.4 Å². The van der Waals surface area contributed by atoms with Crippen LogP contribution in [0, 0.1) is 6.92 Å². The first kappa shape index (κ1) is 19.7. The lowest BCUT2D eigenvalue weighted by Crippen LogP contribution is -2.45. The minimum atomic E-state index is -0.182. The molecule has 1 aromatic carbocycles. The maximum Gasteiger partial charge on any atom is 0.314 e. The molecule has 7 heteroatoms. The topological polar surface area (TPSA) is 66.7 Å². The number of carbonyl (C=O) groups is 1. The fraction of sp³-hybridized carbons (Fsp3) is 0.450. The third-order valence-corrected chi connectivity index (χ3v) is 4.86. The smallest absolute Gasteiger partial charge is 0.314 e. The molecule has 1 unspecified atom stereocenters. The van der Waals surface area contributed by atoms with E-state index in [0.717, 1.165) is 36.6 Å². The van der Waals surface area contributed by atoms with Gasteiger partial charge in [0.1, 0.15) is 11.5 Å². The van der Waals surface area contributed by atoms with Gasteiger partial charge in [-0.3, -0.25) is 4.90 Å². The molecule has 146 valence electrons. The Morgan fingerprint density at radius 1 is 1.22 bits per heavy atom. The molecule has 2 amide bonds. The number of carbonyl (C=O) groups excluding carboxylic acids is 1. The Morgan fingerprint density at radius 2 is 2.04 bits per heavy atom. The molecule has 1 aliphatic rings. The second-order valence-electron chi connectivity index (χ2n) is 6.63. The minimum Gasteiger partial charge on any atom is -0.465 e. The number of urea groups is 1. The molecular weight excluding hydrogens is 366 g/mol. The Bertz CT molecular complexity index is 744. The molecule has 1 aliphatic heterocycles. The standard InChI is InChI=1S/C20H26ClN3O3/c1-15-5-6-19(27-15)18(24-9-11-26-12-10-24)14-23-20(25)22-8-7-16-3-2-4-17(21)13-16/h2-6,13,18H,7-12,14H2,1H3,(H2,22,23,25). The number of nitrogens with zero attached hydrogens (tertiary/aromatic N) is 1. The summed E-state index contributed by atoms with van der Waals surface area (Å²) in [4.78, 5) is 14.5. The molecule has 0 radical (unpaired) electrons. The van der Waals surface area contributed by atoms with Crippen molar-refractivity contribution in [1.29, 1.82) is 0 Å². The van der Waals surface area contributed by atoms with E-state index in [4.69, 9.17) is 20.8 Å². The van der Waals surface area contributed by atoms with Crippen LogP contribution < -0.4 is 10.6 Å². The predicted molar refractivity (Wildman–Crippen MR) is 105 cm³/mol. The van der Waals surface area contributed by atoms with Crippen molar-refractivity contribution >= 4 is 17.6 Å². The van der Waals surface area contributed by atoms with Crippen molar-refractivity contribution in [2.45, 2.75) is 19.4 Å². The van der Waals surface area contributed by atoms with Gasteiger partial charge in [-0.15, -0.1) is 0 Å². The molecular formula is C20H26ClN3O3. The van der Waals surface area contributed by atoms with Gasteiger partial charge in [-0.1, -0.05) is 23.7 Å². The third-order valence-electron chi connectivity index (χ3n) is 4.62. The summed E-state index contributed by atoms with van der Waals surface area (Å²) in [6.45, 7) is 6.00. The van der Waals surface area contributed by atoms with Crippen LogP contribution in [0.15, 0.2) is 40.8 Å². The number of morpholine rings is 1. The largest absolute Gasteiger partial charge is 0.465 e. The molecule has 2 N–H and O–H groups in total. The molecule has 2 aromatic rings. The van der Waals surface area contributed by atoms with E-state index in [0.29, 0.717) is 31.3 Å². The van der Waals surface area contributed by atoms with E-state index in [2.05, 4.69) is 15.5 Å². The van der Waals surface area contributed by atoms with Crippen LogP contribution >= 0.6 is 11.6 Å². The number of rotatable bonds is 7. The zero-order valence-corrected chi connectivity index (χ0v) is 16.3. The molecule has 27 heavy (non-hydrogen) atoms. The molecule has 6 nitrogen and oxygen atoms in total. The monoisotopic (exact) mass is 391 g/mol. The summed E-state index contributed by atoms with van der Waals surface area (Å²) in [6, 6.07) is 11.4. The number of amides is 2. The summed E-state index contributed by atoms with van der Waals surface area (Å²) in [6.07, 6.45) is 0.734. The number of furan rings is 1. The van der Waals surface area contributed by atoms with E-state index in [9.17, 15) is 4.79 Å². The lowest BCUT2D eigenvalue weighted by Gasteiger charge is -2.33. The van der Waals surface area contributed by atoms with E-state index >= 15 is 0 Å². The molecule has 1 saturated heterocycles. The molecule has 0 bridgehead atoms. The fourth-order valence-electron chi connectivity index (χ4n) is 3.20. The van der Waals surface area contributed by atoms with Crippen molar-refractivity contribution in [3.05, 3.63) is 58.5 Å². The Balaban J connectivity index is 1.49. The van der Waals surface area contributed by atoms with Crippen LogP contribution in [-0.4, -0.2) is 50.3 Å². The molecule has 2 heterocycles. The van der Waals surface area contributed by atoms with Crippen LogP contribution in [0.25, 0.3) is 0 Å². The van der Waals surface area contributed by atoms with Crippen LogP contribution in [0.4, 0.5) is 4.79 Å². The SMILES string of the molecule is Cc1ccc(C(CNC(=O)NCCc2cccc(Cl)c2)N2CCOCC2)o1. The fourth-order valence-corrected chi connectivity index (χ4v) is 3.41. The molecule has 0 spiro atoms. The Kier molecular flexibility index (Phi) is 7.15. The number of halogens is 1. The maximum absolute atomic E-state index is 12.2. The second-order valence-corrected chi connectivity index (χ2v) is 7.07. The minimum absolute atomic E-state index is 0.00119. The van der Waals surface area contributed by atoms with Crippen molar-refractivity contribution in [1.82, 2.24) is 15.5 Å². The highest BCUT2D eigenvalue weighted by molar-refractivity contribution is 6.30. The van der Waals surface area contributed by atoms with Gasteiger partial charge >= 0.3 is 6.03 Å². The first-order chi connectivity index (χ1) is 13.1. The van der Waals surface area contributed by atoms with E-state index in [1.165, 1.54) is 0 Å². The van der Waals surface area contributed by atoms with Crippen molar-refractivity contribution < 1.29 is 13.9 Å². The van der Waals surface area contributed by atoms with Gasteiger partial charge in [0.25, 0.3) is 0 Å². The highest BCUT2D eigenvalue weighted by Crippen LogP contribution is 2.23. The zero-order chi connectivity index (χ0) is 19.1. The van der Waals surface area contributed by atoms with Crippen LogP contribution in [0.3, 0.4) is 0 Å². The first-order valence-corrected chi connectivity index (χ1v) is 9.64. The normalized spacial score (nSPS) is 16.1. The summed E-state index contributed by atoms with van der Waals surface area (Å²) < 4.78 is 11.3.